The summed E-state index contributed by atoms with van der Waals surface area (Å²) >= 11 is 0. The normalized spacial score (nSPS) is 12.1. The van der Waals surface area contributed by atoms with Crippen LogP contribution in [0.4, 0.5) is 0 Å². The molecule has 3 nitrogen and oxygen atoms in total. The third-order valence-electron chi connectivity index (χ3n) is 10.7. The van der Waals surface area contributed by atoms with E-state index in [0.717, 1.165) is 55.6 Å². The van der Waals surface area contributed by atoms with Crippen LogP contribution in [0.3, 0.4) is 0 Å². The number of rotatable bonds is 7. The Kier molecular flexibility index (Phi) is 11.7. The molecule has 1 radical (unpaired) electrons. The van der Waals surface area contributed by atoms with Gasteiger partial charge in [-0.1, -0.05) is 131 Å². The van der Waals surface area contributed by atoms with Crippen molar-refractivity contribution < 1.29 is 25.9 Å². The van der Waals surface area contributed by atoms with Gasteiger partial charge in [0.25, 0.3) is 0 Å². The van der Waals surface area contributed by atoms with Crippen LogP contribution in [0.2, 0.25) is 19.6 Å². The fraction of sp³-hybridized carbons (Fsp3) is 0.216. The number of hydrogen-bond donors (Lipinski definition) is 0. The van der Waals surface area contributed by atoms with Gasteiger partial charge in [-0.05, 0) is 82.3 Å². The van der Waals surface area contributed by atoms with Gasteiger partial charge in [0.05, 0.1) is 13.7 Å². The summed E-state index contributed by atoms with van der Waals surface area (Å²) in [4.78, 5) is 9.40. The molecule has 0 amide bonds. The van der Waals surface area contributed by atoms with Gasteiger partial charge in [0.2, 0.25) is 0 Å². The topological polar surface area (TPSA) is 38.9 Å². The Morgan fingerprint density at radius 1 is 0.679 bits per heavy atom. The summed E-state index contributed by atoms with van der Waals surface area (Å²) in [5.41, 5.74) is 13.9. The zero-order valence-corrected chi connectivity index (χ0v) is 37.2. The summed E-state index contributed by atoms with van der Waals surface area (Å²) < 4.78 is 14.7. The molecule has 0 N–H and O–H groups in total. The number of hydrogen-bond acceptors (Lipinski definition) is 3. The first kappa shape index (κ1) is 39.3. The predicted octanol–water partition coefficient (Wildman–Crippen LogP) is 13.3. The Bertz CT molecular complexity index is 2660. The molecule has 5 heteroatoms. The van der Waals surface area contributed by atoms with Gasteiger partial charge in [0, 0.05) is 44.7 Å². The molecule has 0 saturated carbocycles. The Balaban J connectivity index is 0.000000192. The van der Waals surface area contributed by atoms with Crippen molar-refractivity contribution in [1.29, 1.82) is 0 Å². The zero-order valence-electron chi connectivity index (χ0n) is 34.8. The van der Waals surface area contributed by atoms with Crippen molar-refractivity contribution in [2.75, 3.05) is 0 Å². The van der Waals surface area contributed by atoms with E-state index in [-0.39, 0.29) is 25.5 Å². The number of fused-ring (bicyclic) bond motifs is 3. The number of benzene rings is 5. The largest absolute Gasteiger partial charge is 0.500 e. The average Bonchev–Trinajstić information content (AvgIpc) is 3.54. The van der Waals surface area contributed by atoms with E-state index in [0.29, 0.717) is 0 Å². The summed E-state index contributed by atoms with van der Waals surface area (Å²) in [5.74, 6) is -0.648. The molecule has 8 aromatic rings. The average molecular weight is 928 g/mol. The van der Waals surface area contributed by atoms with Gasteiger partial charge in [-0.25, -0.2) is 0 Å². The van der Waals surface area contributed by atoms with Crippen LogP contribution in [-0.2, 0) is 25.5 Å². The number of nitrogens with zero attached hydrogens (tertiary/aromatic N) is 2. The van der Waals surface area contributed by atoms with Crippen molar-refractivity contribution in [3.63, 3.8) is 0 Å². The summed E-state index contributed by atoms with van der Waals surface area (Å²) in [6, 6.07) is 48.6. The Labute approximate surface area is 349 Å². The number of aromatic nitrogens is 2. The Morgan fingerprint density at radius 2 is 1.32 bits per heavy atom. The fourth-order valence-corrected chi connectivity index (χ4v) is 8.73. The quantitative estimate of drug-likeness (QED) is 0.118. The first-order chi connectivity index (χ1) is 26.6. The standard InChI is InChI=1S/C28H24NO.C23H26NSi.Ir/c1-18-14-23-24-16-20(10-11-26(24)30-27(23)15-19(18)2)25-17-22(12-13-29-25)28(3,4)21-8-6-5-7-9-21;1-17(2)21-15-22(24-16-23(21)25(3,4)5)20-13-9-12-19(14-20)18-10-7-6-8-11-18;/h5-9,11-17H,1-4H3;6-12,14-17H,1-5H3;/q2*-1;/i;17D;. The second kappa shape index (κ2) is 16.7. The second-order valence-electron chi connectivity index (χ2n) is 16.3. The molecule has 0 unspecified atom stereocenters. The van der Waals surface area contributed by atoms with Gasteiger partial charge in [-0.15, -0.1) is 59.2 Å². The molecule has 0 aliphatic rings. The Hall–Kier alpha value is -4.93. The van der Waals surface area contributed by atoms with Crippen LogP contribution in [0.1, 0.15) is 62.8 Å². The summed E-state index contributed by atoms with van der Waals surface area (Å²) in [6.07, 6.45) is 3.89. The first-order valence-electron chi connectivity index (χ1n) is 19.6. The molecule has 0 bridgehead atoms. The molecular weight excluding hydrogens is 877 g/mol. The van der Waals surface area contributed by atoms with E-state index in [1.807, 2.05) is 56.6 Å². The smallest absolute Gasteiger partial charge is 0.121 e. The maximum atomic E-state index is 8.61. The van der Waals surface area contributed by atoms with Crippen LogP contribution in [0.25, 0.3) is 55.6 Å². The van der Waals surface area contributed by atoms with Crippen LogP contribution >= 0.6 is 0 Å². The third kappa shape index (κ3) is 8.56. The van der Waals surface area contributed by atoms with Crippen LogP contribution in [0.5, 0.6) is 0 Å². The van der Waals surface area contributed by atoms with Crippen LogP contribution < -0.4 is 5.19 Å². The van der Waals surface area contributed by atoms with Gasteiger partial charge in [0.1, 0.15) is 5.58 Å². The molecule has 56 heavy (non-hydrogen) atoms. The molecule has 8 rings (SSSR count). The SMILES string of the molecule is Cc1cc2oc3c[c-]c(-c4cc(C(C)(C)c5ccccc5)ccn4)cc3c2cc1C.[2H]C(C)(C)c1cc(-c2[c-]ccc(-c3ccccc3)c2)ncc1[Si](C)(C)C.[Ir]. The predicted molar refractivity (Wildman–Crippen MR) is 235 cm³/mol. The van der Waals surface area contributed by atoms with Crippen molar-refractivity contribution in [2.45, 2.75) is 72.5 Å². The second-order valence-corrected chi connectivity index (χ2v) is 21.3. The Morgan fingerprint density at radius 3 is 2.02 bits per heavy atom. The van der Waals surface area contributed by atoms with E-state index < -0.39 is 14.0 Å². The van der Waals surface area contributed by atoms with Gasteiger partial charge in [0.15, 0.2) is 0 Å². The van der Waals surface area contributed by atoms with E-state index in [1.165, 1.54) is 33.0 Å². The maximum absolute atomic E-state index is 8.61. The summed E-state index contributed by atoms with van der Waals surface area (Å²) in [7, 11) is -1.57. The van der Waals surface area contributed by atoms with E-state index in [4.69, 9.17) is 10.8 Å². The molecule has 0 aliphatic carbocycles. The molecular formula is C51H50IrN2OSi-2. The molecule has 3 heterocycles. The molecule has 0 atom stereocenters. The molecule has 0 fully saturated rings. The molecule has 0 aliphatic heterocycles. The zero-order chi connectivity index (χ0) is 39.8. The minimum Gasteiger partial charge on any atom is -0.500 e. The molecule has 0 saturated heterocycles. The van der Waals surface area contributed by atoms with Crippen molar-refractivity contribution in [1.82, 2.24) is 9.97 Å². The molecule has 0 spiro atoms. The van der Waals surface area contributed by atoms with E-state index in [9.17, 15) is 0 Å². The van der Waals surface area contributed by atoms with Gasteiger partial charge in [-0.2, -0.15) is 0 Å². The minimum atomic E-state index is -1.57. The number of pyridine rings is 2. The molecule has 285 valence electrons. The van der Waals surface area contributed by atoms with Crippen molar-refractivity contribution in [3.05, 3.63) is 174 Å². The van der Waals surface area contributed by atoms with Gasteiger partial charge in [-0.3, -0.25) is 0 Å². The fourth-order valence-electron chi connectivity index (χ4n) is 7.15. The number of aryl methyl sites for hydroxylation is 2. The monoisotopic (exact) mass is 928 g/mol. The van der Waals surface area contributed by atoms with Crippen LogP contribution in [-0.4, -0.2) is 18.0 Å². The van der Waals surface area contributed by atoms with Crippen LogP contribution in [0.15, 0.2) is 138 Å². The van der Waals surface area contributed by atoms with Crippen molar-refractivity contribution >= 4 is 35.2 Å². The van der Waals surface area contributed by atoms with E-state index in [1.54, 1.807) is 0 Å². The summed E-state index contributed by atoms with van der Waals surface area (Å²) in [5, 5.41) is 3.51. The van der Waals surface area contributed by atoms with Gasteiger partial charge < -0.3 is 14.4 Å². The first-order valence-corrected chi connectivity index (χ1v) is 22.6. The van der Waals surface area contributed by atoms with E-state index >= 15 is 0 Å². The maximum Gasteiger partial charge on any atom is 0.121 e. The van der Waals surface area contributed by atoms with Crippen LogP contribution in [0, 0.1) is 26.0 Å². The third-order valence-corrected chi connectivity index (χ3v) is 12.7. The van der Waals surface area contributed by atoms with Crippen molar-refractivity contribution in [3.8, 4) is 33.6 Å². The van der Waals surface area contributed by atoms with Gasteiger partial charge >= 0.3 is 0 Å². The molecule has 3 aromatic heterocycles. The van der Waals surface area contributed by atoms with E-state index in [2.05, 4.69) is 155 Å². The summed E-state index contributed by atoms with van der Waals surface area (Å²) in [6.45, 7) is 19.6. The number of furan rings is 1. The minimum absolute atomic E-state index is 0. The van der Waals surface area contributed by atoms with Crippen molar-refractivity contribution in [2.24, 2.45) is 0 Å². The molecule has 5 aromatic carbocycles.